The minimum Gasteiger partial charge on any atom is -0.492 e. The standard InChI is InChI=1S/C26H20FNO5S/c1-17-3-2-4-22(15-17)32-14-13-28-24(29)23(34-26(28)31)16-18-5-11-21(12-6-18)33-25(30)19-7-9-20(27)10-8-19/h2-12,15-16H,13-14H2,1H3/b23-16-. The first-order valence-corrected chi connectivity index (χ1v) is 11.2. The molecule has 8 heteroatoms. The van der Waals surface area contributed by atoms with Gasteiger partial charge in [-0.05, 0) is 84.4 Å². The van der Waals surface area contributed by atoms with Gasteiger partial charge in [0, 0.05) is 0 Å². The summed E-state index contributed by atoms with van der Waals surface area (Å²) < 4.78 is 23.9. The van der Waals surface area contributed by atoms with E-state index in [0.717, 1.165) is 22.2 Å². The van der Waals surface area contributed by atoms with E-state index in [1.54, 1.807) is 30.3 Å². The van der Waals surface area contributed by atoms with Crippen molar-refractivity contribution < 1.29 is 28.2 Å². The SMILES string of the molecule is Cc1cccc(OCCN2C(=O)S/C(=C\c3ccc(OC(=O)c4ccc(F)cc4)cc3)C2=O)c1. The smallest absolute Gasteiger partial charge is 0.343 e. The lowest BCUT2D eigenvalue weighted by Gasteiger charge is -2.13. The number of hydrogen-bond donors (Lipinski definition) is 0. The molecule has 1 heterocycles. The largest absolute Gasteiger partial charge is 0.492 e. The Hall–Kier alpha value is -3.91. The molecule has 2 amide bonds. The molecule has 1 saturated heterocycles. The fourth-order valence-electron chi connectivity index (χ4n) is 3.19. The van der Waals surface area contributed by atoms with Crippen LogP contribution in [-0.4, -0.2) is 35.2 Å². The van der Waals surface area contributed by atoms with Crippen LogP contribution in [-0.2, 0) is 4.79 Å². The highest BCUT2D eigenvalue weighted by Crippen LogP contribution is 2.32. The number of ether oxygens (including phenoxy) is 2. The van der Waals surface area contributed by atoms with Crippen LogP contribution < -0.4 is 9.47 Å². The highest BCUT2D eigenvalue weighted by molar-refractivity contribution is 8.18. The van der Waals surface area contributed by atoms with Crippen LogP contribution in [0.25, 0.3) is 6.08 Å². The lowest BCUT2D eigenvalue weighted by molar-refractivity contribution is -0.123. The number of amides is 2. The fraction of sp³-hybridized carbons (Fsp3) is 0.115. The molecule has 0 unspecified atom stereocenters. The summed E-state index contributed by atoms with van der Waals surface area (Å²) in [6.07, 6.45) is 1.61. The maximum atomic E-state index is 13.0. The first-order chi connectivity index (χ1) is 16.4. The number of aryl methyl sites for hydroxylation is 1. The van der Waals surface area contributed by atoms with Gasteiger partial charge < -0.3 is 9.47 Å². The molecule has 0 radical (unpaired) electrons. The summed E-state index contributed by atoms with van der Waals surface area (Å²) in [5.74, 6) is -0.448. The highest BCUT2D eigenvalue weighted by Gasteiger charge is 2.34. The minimum atomic E-state index is -0.609. The van der Waals surface area contributed by atoms with Gasteiger partial charge in [-0.1, -0.05) is 24.3 Å². The average Bonchev–Trinajstić information content (AvgIpc) is 3.08. The number of carbonyl (C=O) groups excluding carboxylic acids is 3. The maximum Gasteiger partial charge on any atom is 0.343 e. The van der Waals surface area contributed by atoms with Crippen LogP contribution in [0.15, 0.2) is 77.7 Å². The van der Waals surface area contributed by atoms with Crippen LogP contribution in [0, 0.1) is 12.7 Å². The third-order valence-electron chi connectivity index (χ3n) is 4.92. The van der Waals surface area contributed by atoms with E-state index in [0.29, 0.717) is 22.0 Å². The molecule has 1 fully saturated rings. The molecular weight excluding hydrogens is 457 g/mol. The van der Waals surface area contributed by atoms with Gasteiger partial charge in [-0.15, -0.1) is 0 Å². The van der Waals surface area contributed by atoms with Crippen molar-refractivity contribution in [3.8, 4) is 11.5 Å². The Kier molecular flexibility index (Phi) is 7.08. The van der Waals surface area contributed by atoms with E-state index in [1.165, 1.54) is 24.3 Å². The van der Waals surface area contributed by atoms with Crippen molar-refractivity contribution in [3.63, 3.8) is 0 Å². The van der Waals surface area contributed by atoms with E-state index in [4.69, 9.17) is 9.47 Å². The van der Waals surface area contributed by atoms with Crippen molar-refractivity contribution in [2.45, 2.75) is 6.92 Å². The fourth-order valence-corrected chi connectivity index (χ4v) is 4.05. The Morgan fingerprint density at radius 3 is 2.44 bits per heavy atom. The Bertz CT molecular complexity index is 1250. The van der Waals surface area contributed by atoms with Gasteiger partial charge in [0.2, 0.25) is 0 Å². The second-order valence-electron chi connectivity index (χ2n) is 7.46. The van der Waals surface area contributed by atoms with Crippen molar-refractivity contribution in [2.24, 2.45) is 0 Å². The summed E-state index contributed by atoms with van der Waals surface area (Å²) in [4.78, 5) is 38.6. The number of esters is 1. The number of carbonyl (C=O) groups is 3. The molecule has 0 spiro atoms. The molecule has 1 aliphatic heterocycles. The monoisotopic (exact) mass is 477 g/mol. The molecule has 3 aromatic rings. The molecule has 1 aliphatic rings. The molecule has 0 saturated carbocycles. The summed E-state index contributed by atoms with van der Waals surface area (Å²) in [6.45, 7) is 2.30. The van der Waals surface area contributed by atoms with E-state index in [2.05, 4.69) is 0 Å². The summed E-state index contributed by atoms with van der Waals surface area (Å²) in [5.41, 5.74) is 1.96. The highest BCUT2D eigenvalue weighted by atomic mass is 32.2. The summed E-state index contributed by atoms with van der Waals surface area (Å²) >= 11 is 0.866. The Morgan fingerprint density at radius 2 is 1.74 bits per heavy atom. The third-order valence-corrected chi connectivity index (χ3v) is 5.82. The van der Waals surface area contributed by atoms with Crippen LogP contribution in [0.5, 0.6) is 11.5 Å². The number of benzene rings is 3. The van der Waals surface area contributed by atoms with Gasteiger partial charge in [-0.3, -0.25) is 14.5 Å². The zero-order valence-electron chi connectivity index (χ0n) is 18.2. The zero-order chi connectivity index (χ0) is 24.1. The minimum absolute atomic E-state index is 0.147. The summed E-state index contributed by atoms with van der Waals surface area (Å²) in [6, 6.07) is 19.1. The molecule has 3 aromatic carbocycles. The van der Waals surface area contributed by atoms with Gasteiger partial charge in [0.15, 0.2) is 0 Å². The van der Waals surface area contributed by atoms with E-state index in [9.17, 15) is 18.8 Å². The summed E-state index contributed by atoms with van der Waals surface area (Å²) in [5, 5.41) is -0.353. The normalized spacial score (nSPS) is 14.5. The average molecular weight is 478 g/mol. The zero-order valence-corrected chi connectivity index (χ0v) is 19.0. The Labute approximate surface area is 200 Å². The first-order valence-electron chi connectivity index (χ1n) is 10.4. The number of thioether (sulfide) groups is 1. The maximum absolute atomic E-state index is 13.0. The van der Waals surface area contributed by atoms with Crippen molar-refractivity contribution >= 4 is 35.0 Å². The van der Waals surface area contributed by atoms with E-state index in [-0.39, 0.29) is 29.9 Å². The van der Waals surface area contributed by atoms with Crippen molar-refractivity contribution in [3.05, 3.63) is 100 Å². The van der Waals surface area contributed by atoms with Crippen LogP contribution in [0.4, 0.5) is 9.18 Å². The number of halogens is 1. The molecule has 0 atom stereocenters. The number of imide groups is 1. The quantitative estimate of drug-likeness (QED) is 0.255. The van der Waals surface area contributed by atoms with E-state index < -0.39 is 11.8 Å². The molecular formula is C26H20FNO5S. The van der Waals surface area contributed by atoms with Gasteiger partial charge in [0.05, 0.1) is 17.0 Å². The molecule has 0 N–H and O–H groups in total. The van der Waals surface area contributed by atoms with Crippen LogP contribution in [0.3, 0.4) is 0 Å². The Balaban J connectivity index is 1.35. The molecule has 172 valence electrons. The Morgan fingerprint density at radius 1 is 1.00 bits per heavy atom. The third kappa shape index (κ3) is 5.71. The van der Waals surface area contributed by atoms with Gasteiger partial charge in [0.25, 0.3) is 11.1 Å². The van der Waals surface area contributed by atoms with Gasteiger partial charge in [0.1, 0.15) is 23.9 Å². The van der Waals surface area contributed by atoms with Gasteiger partial charge in [-0.25, -0.2) is 9.18 Å². The van der Waals surface area contributed by atoms with E-state index in [1.807, 2.05) is 31.2 Å². The second-order valence-corrected chi connectivity index (χ2v) is 8.46. The van der Waals surface area contributed by atoms with E-state index >= 15 is 0 Å². The molecule has 0 aromatic heterocycles. The predicted octanol–water partition coefficient (Wildman–Crippen LogP) is 5.47. The van der Waals surface area contributed by atoms with Gasteiger partial charge >= 0.3 is 5.97 Å². The number of nitrogens with zero attached hydrogens (tertiary/aromatic N) is 1. The molecule has 6 nitrogen and oxygen atoms in total. The molecule has 34 heavy (non-hydrogen) atoms. The lowest BCUT2D eigenvalue weighted by atomic mass is 10.2. The second kappa shape index (κ2) is 10.4. The van der Waals surface area contributed by atoms with Crippen LogP contribution >= 0.6 is 11.8 Å². The molecule has 0 aliphatic carbocycles. The van der Waals surface area contributed by atoms with Crippen LogP contribution in [0.1, 0.15) is 21.5 Å². The van der Waals surface area contributed by atoms with Crippen molar-refractivity contribution in [2.75, 3.05) is 13.2 Å². The van der Waals surface area contributed by atoms with Crippen LogP contribution in [0.2, 0.25) is 0 Å². The lowest BCUT2D eigenvalue weighted by Crippen LogP contribution is -2.32. The summed E-state index contributed by atoms with van der Waals surface area (Å²) in [7, 11) is 0. The van der Waals surface area contributed by atoms with Crippen molar-refractivity contribution in [1.29, 1.82) is 0 Å². The number of hydrogen-bond acceptors (Lipinski definition) is 6. The molecule has 4 rings (SSSR count). The predicted molar refractivity (Wildman–Crippen MR) is 127 cm³/mol. The topological polar surface area (TPSA) is 72.9 Å². The van der Waals surface area contributed by atoms with Crippen molar-refractivity contribution in [1.82, 2.24) is 4.90 Å². The number of rotatable bonds is 7. The van der Waals surface area contributed by atoms with Gasteiger partial charge in [-0.2, -0.15) is 0 Å². The first kappa shape index (κ1) is 23.3. The molecule has 0 bridgehead atoms.